The number of nitrogens with zero attached hydrogens (tertiary/aromatic N) is 6. The molecule has 0 bridgehead atoms. The van der Waals surface area contributed by atoms with Gasteiger partial charge in [-0.25, -0.2) is 19.9 Å². The fourth-order valence-electron chi connectivity index (χ4n) is 15.5. The summed E-state index contributed by atoms with van der Waals surface area (Å²) in [7, 11) is -2.76. The Bertz CT molecular complexity index is 6980. The second-order valence-corrected chi connectivity index (χ2v) is 31.8. The van der Waals surface area contributed by atoms with E-state index in [2.05, 4.69) is 336 Å². The molecule has 0 saturated carbocycles. The Labute approximate surface area is 725 Å². The predicted molar refractivity (Wildman–Crippen MR) is 507 cm³/mol. The van der Waals surface area contributed by atoms with Gasteiger partial charge in [0.05, 0.1) is 0 Å². The van der Waals surface area contributed by atoms with Crippen LogP contribution >= 0.6 is 59.4 Å². The van der Waals surface area contributed by atoms with E-state index in [1.807, 2.05) is 84.9 Å². The molecule has 0 unspecified atom stereocenters. The van der Waals surface area contributed by atoms with Gasteiger partial charge in [0.15, 0.2) is 29.1 Å². The molecule has 2 aliphatic rings. The van der Waals surface area contributed by atoms with E-state index in [-0.39, 0.29) is 5.28 Å². The Balaban J connectivity index is 0.000000109. The summed E-state index contributed by atoms with van der Waals surface area (Å²) in [5.41, 5.74) is 19.8. The number of aromatic nitrogens is 6. The van der Waals surface area contributed by atoms with E-state index < -0.39 is 14.2 Å². The summed E-state index contributed by atoms with van der Waals surface area (Å²) in [6, 6.07) is 132. The topological polar surface area (TPSA) is 158 Å². The van der Waals surface area contributed by atoms with Crippen molar-refractivity contribution in [2.24, 2.45) is 0 Å². The first-order valence-electron chi connectivity index (χ1n) is 39.2. The fourth-order valence-corrected chi connectivity index (χ4v) is 17.2. The maximum absolute atomic E-state index is 9.15. The molecule has 10 nitrogen and oxygen atoms in total. The molecule has 0 atom stereocenters. The first kappa shape index (κ1) is 79.7. The van der Waals surface area contributed by atoms with Gasteiger partial charge in [-0.05, 0) is 204 Å². The second kappa shape index (κ2) is 36.6. The molecule has 0 fully saturated rings. The molecule has 0 aliphatic heterocycles. The van der Waals surface area contributed by atoms with Crippen LogP contribution in [0.2, 0.25) is 5.28 Å². The predicted octanol–water partition coefficient (Wildman–Crippen LogP) is 24.9. The van der Waals surface area contributed by atoms with Crippen LogP contribution in [0.4, 0.5) is 0 Å². The third-order valence-electron chi connectivity index (χ3n) is 21.3. The van der Waals surface area contributed by atoms with E-state index in [9.17, 15) is 0 Å². The first-order chi connectivity index (χ1) is 58.8. The van der Waals surface area contributed by atoms with E-state index in [4.69, 9.17) is 46.6 Å². The van der Waals surface area contributed by atoms with Crippen LogP contribution in [0.25, 0.3) is 155 Å². The third kappa shape index (κ3) is 17.8. The molecule has 120 heavy (non-hydrogen) atoms. The lowest BCUT2D eigenvalue weighted by Crippen LogP contribution is -2.30. The van der Waals surface area contributed by atoms with Gasteiger partial charge in [-0.1, -0.05) is 388 Å². The summed E-state index contributed by atoms with van der Waals surface area (Å²) in [5, 5.41) is 49.0. The zero-order valence-electron chi connectivity index (χ0n) is 64.5. The SMILES string of the molecule is Brc1ccc(-c2nc(-c3ccc4ccccc4c3)nc(-c3ccc4ccccc4c3)n2)c2ccccc12.Brc1cccc2c1-c1ccccc1C2.Clc1nc(-c2ccc3ccccc3c2)nc(-c2ccc3ccccc3c2)n1.OB(O)c1ccc(Br)c2ccccc12.OB(O)c1ccccc1.c1ccc(-c2cccc3c2-c2ccccc2C3)cc1. The van der Waals surface area contributed by atoms with Gasteiger partial charge in [-0.15, -0.1) is 0 Å². The Hall–Kier alpha value is -12.8. The van der Waals surface area contributed by atoms with Crippen molar-refractivity contribution in [3.05, 3.63) is 429 Å². The highest BCUT2D eigenvalue weighted by Gasteiger charge is 2.24. The van der Waals surface area contributed by atoms with Gasteiger partial charge in [0.1, 0.15) is 0 Å². The summed E-state index contributed by atoms with van der Waals surface area (Å²) in [5.74, 6) is 3.12. The maximum atomic E-state index is 9.15. The Morgan fingerprint density at radius 1 is 0.233 bits per heavy atom. The van der Waals surface area contributed by atoms with Crippen LogP contribution in [0.15, 0.2) is 402 Å². The minimum atomic E-state index is -1.42. The van der Waals surface area contributed by atoms with Crippen LogP contribution in [0.3, 0.4) is 0 Å². The molecule has 16 heteroatoms. The number of rotatable bonds is 8. The monoisotopic (exact) mass is 1760 g/mol. The van der Waals surface area contributed by atoms with Crippen molar-refractivity contribution in [1.29, 1.82) is 0 Å². The summed E-state index contributed by atoms with van der Waals surface area (Å²) >= 11 is 17.0. The minimum Gasteiger partial charge on any atom is -0.423 e. The molecule has 18 aromatic carbocycles. The Kier molecular flexibility index (Phi) is 24.3. The lowest BCUT2D eigenvalue weighted by atomic mass is 9.77. The maximum Gasteiger partial charge on any atom is 0.489 e. The van der Waals surface area contributed by atoms with Crippen molar-refractivity contribution in [3.8, 4) is 90.3 Å². The number of benzene rings is 18. The van der Waals surface area contributed by atoms with Crippen molar-refractivity contribution in [3.63, 3.8) is 0 Å². The molecule has 4 N–H and O–H groups in total. The van der Waals surface area contributed by atoms with E-state index in [0.29, 0.717) is 40.0 Å². The van der Waals surface area contributed by atoms with Crippen LogP contribution in [0, 0.1) is 0 Å². The molecule has 0 saturated heterocycles. The standard InChI is InChI=1S/C33H20BrN3.C23H14ClN3.C19H14.C13H9Br.C10H8BBrO2.C6H7BO2/c34-30-18-17-29(27-11-5-6-12-28(27)30)33-36-31(25-15-13-21-7-1-3-9-23(21)19-25)35-32(37-33)26-16-14-22-8-2-4-10-24(22)20-26;24-23-26-21(19-11-9-15-5-1-3-7-17(15)13-19)25-22(27-23)20-12-10-16-6-2-4-8-18(16)14-20;1-2-7-14(8-3-1)17-12-6-10-16-13-15-9-4-5-11-18(15)19(16)17;14-12-7-3-5-10-8-9-4-1-2-6-11(9)13(10)12;12-10-6-5-9(11(13)14)7-3-1-2-4-8(7)10;8-7(9)6-4-2-1-3-5-6/h1-20H;1-14H;1-12H,13H2;1-7H,8H2;1-6,13-14H;1-5,8-9H. The van der Waals surface area contributed by atoms with Crippen molar-refractivity contribution in [1.82, 2.24) is 29.9 Å². The summed E-state index contributed by atoms with van der Waals surface area (Å²) in [4.78, 5) is 28.4. The van der Waals surface area contributed by atoms with Crippen LogP contribution in [0.5, 0.6) is 0 Å². The van der Waals surface area contributed by atoms with Crippen LogP contribution < -0.4 is 10.9 Å². The van der Waals surface area contributed by atoms with Crippen molar-refractivity contribution in [2.45, 2.75) is 12.8 Å². The fraction of sp³-hybridized carbons (Fsp3) is 0.0192. The molecule has 0 spiro atoms. The lowest BCUT2D eigenvalue weighted by Gasteiger charge is -2.12. The number of halogens is 4. The average molecular weight is 1770 g/mol. The molecule has 576 valence electrons. The lowest BCUT2D eigenvalue weighted by molar-refractivity contribution is 0.424. The molecule has 0 radical (unpaired) electrons. The van der Waals surface area contributed by atoms with Crippen LogP contribution in [-0.2, 0) is 12.8 Å². The molecule has 20 aromatic rings. The molecule has 0 amide bonds. The van der Waals surface area contributed by atoms with Gasteiger partial charge in [0, 0.05) is 41.2 Å². The van der Waals surface area contributed by atoms with E-state index >= 15 is 0 Å². The van der Waals surface area contributed by atoms with Gasteiger partial charge >= 0.3 is 14.2 Å². The molecule has 2 aromatic heterocycles. The molecule has 2 aliphatic carbocycles. The van der Waals surface area contributed by atoms with Crippen LogP contribution in [-0.4, -0.2) is 64.2 Å². The minimum absolute atomic E-state index is 0.191. The Morgan fingerprint density at radius 2 is 0.583 bits per heavy atom. The second-order valence-electron chi connectivity index (χ2n) is 28.9. The van der Waals surface area contributed by atoms with Gasteiger partial charge < -0.3 is 20.1 Å². The zero-order valence-corrected chi connectivity index (χ0v) is 70.0. The van der Waals surface area contributed by atoms with Gasteiger partial charge in [0.2, 0.25) is 5.28 Å². The van der Waals surface area contributed by atoms with Gasteiger partial charge in [0.25, 0.3) is 0 Å². The van der Waals surface area contributed by atoms with Crippen molar-refractivity contribution < 1.29 is 20.1 Å². The van der Waals surface area contributed by atoms with E-state index in [1.54, 1.807) is 30.3 Å². The molecular weight excluding hydrogens is 1690 g/mol. The van der Waals surface area contributed by atoms with Crippen molar-refractivity contribution in [2.75, 3.05) is 0 Å². The average Bonchev–Trinajstić information content (AvgIpc) is 1.62. The smallest absolute Gasteiger partial charge is 0.423 e. The van der Waals surface area contributed by atoms with Crippen molar-refractivity contribution >= 4 is 149 Å². The molecule has 2 heterocycles. The van der Waals surface area contributed by atoms with Gasteiger partial charge in [-0.2, -0.15) is 9.97 Å². The third-order valence-corrected chi connectivity index (χ3v) is 23.5. The molecular formula is C104H72B2Br3ClN6O4. The molecule has 22 rings (SSSR count). The quantitative estimate of drug-likeness (QED) is 0.108. The van der Waals surface area contributed by atoms with Crippen LogP contribution in [0.1, 0.15) is 22.3 Å². The largest absolute Gasteiger partial charge is 0.489 e. The van der Waals surface area contributed by atoms with E-state index in [1.165, 1.54) is 81.7 Å². The number of hydrogen-bond acceptors (Lipinski definition) is 10. The zero-order chi connectivity index (χ0) is 82.0. The van der Waals surface area contributed by atoms with E-state index in [0.717, 1.165) is 92.7 Å². The highest BCUT2D eigenvalue weighted by molar-refractivity contribution is 9.11. The highest BCUT2D eigenvalue weighted by Crippen LogP contribution is 2.44. The normalized spacial score (nSPS) is 11.3. The number of fused-ring (bicyclic) bond motifs is 12. The summed E-state index contributed by atoms with van der Waals surface area (Å²) in [6.07, 6.45) is 2.14. The summed E-state index contributed by atoms with van der Waals surface area (Å²) in [6.45, 7) is 0. The number of hydrogen-bond donors (Lipinski definition) is 4. The Morgan fingerprint density at radius 3 is 1.05 bits per heavy atom. The highest BCUT2D eigenvalue weighted by atomic mass is 79.9. The summed E-state index contributed by atoms with van der Waals surface area (Å²) < 4.78 is 3.21. The van der Waals surface area contributed by atoms with Gasteiger partial charge in [-0.3, -0.25) is 0 Å². The first-order valence-corrected chi connectivity index (χ1v) is 41.9.